The zero-order chi connectivity index (χ0) is 14.5. The monoisotopic (exact) mass is 292 g/mol. The lowest BCUT2D eigenvalue weighted by Gasteiger charge is -2.49. The molecule has 5 nitrogen and oxygen atoms in total. The highest BCUT2D eigenvalue weighted by Crippen LogP contribution is 2.54. The molecule has 1 spiro atoms. The minimum atomic E-state index is -1.00. The molecular weight excluding hydrogens is 272 g/mol. The van der Waals surface area contributed by atoms with Crippen LogP contribution < -0.4 is 0 Å². The lowest BCUT2D eigenvalue weighted by Crippen LogP contribution is -2.65. The molecule has 0 bridgehead atoms. The molecule has 19 heavy (non-hydrogen) atoms. The number of carbonyl (C=O) groups is 1. The first-order valence-corrected chi connectivity index (χ1v) is 6.71. The number of ketones is 1. The van der Waals surface area contributed by atoms with Crippen LogP contribution in [-0.4, -0.2) is 48.7 Å². The Morgan fingerprint density at radius 2 is 2.05 bits per heavy atom. The Bertz CT molecular complexity index is 381. The molecule has 0 aromatic rings. The van der Waals surface area contributed by atoms with Gasteiger partial charge in [0.25, 0.3) is 0 Å². The van der Waals surface area contributed by atoms with E-state index in [0.29, 0.717) is 12.8 Å². The fourth-order valence-corrected chi connectivity index (χ4v) is 2.89. The van der Waals surface area contributed by atoms with Gasteiger partial charge < -0.3 is 18.9 Å². The van der Waals surface area contributed by atoms with Gasteiger partial charge in [-0.1, -0.05) is 0 Å². The van der Waals surface area contributed by atoms with Crippen molar-refractivity contribution >= 4 is 17.4 Å². The van der Waals surface area contributed by atoms with E-state index in [2.05, 4.69) is 0 Å². The molecule has 2 rings (SSSR count). The number of hydrogen-bond acceptors (Lipinski definition) is 5. The quantitative estimate of drug-likeness (QED) is 0.585. The first-order chi connectivity index (χ1) is 8.67. The molecule has 0 radical (unpaired) electrons. The number of carbonyl (C=O) groups excluding carboxylic acids is 1. The van der Waals surface area contributed by atoms with Crippen molar-refractivity contribution in [3.63, 3.8) is 0 Å². The van der Waals surface area contributed by atoms with E-state index in [-0.39, 0.29) is 11.9 Å². The molecule has 110 valence electrons. The largest absolute Gasteiger partial charge is 0.354 e. The number of methoxy groups -OCH3 is 2. The van der Waals surface area contributed by atoms with E-state index in [1.165, 1.54) is 0 Å². The molecule has 1 heterocycles. The van der Waals surface area contributed by atoms with Gasteiger partial charge in [0.1, 0.15) is 16.6 Å². The average molecular weight is 293 g/mol. The molecular formula is C13H21ClO5. The first-order valence-electron chi connectivity index (χ1n) is 6.33. The van der Waals surface area contributed by atoms with E-state index < -0.39 is 22.6 Å². The number of Topliss-reactive ketones (excluding diaryl/α,β-unsaturated/α-hetero) is 1. The third kappa shape index (κ3) is 2.32. The van der Waals surface area contributed by atoms with Crippen molar-refractivity contribution in [1.29, 1.82) is 0 Å². The zero-order valence-corrected chi connectivity index (χ0v) is 12.7. The first kappa shape index (κ1) is 15.2. The van der Waals surface area contributed by atoms with Crippen molar-refractivity contribution in [1.82, 2.24) is 0 Å². The Hall–Kier alpha value is -0.200. The van der Waals surface area contributed by atoms with Gasteiger partial charge in [-0.2, -0.15) is 0 Å². The third-order valence-electron chi connectivity index (χ3n) is 4.16. The molecule has 0 amide bonds. The van der Waals surface area contributed by atoms with Gasteiger partial charge in [0.05, 0.1) is 0 Å². The Balaban J connectivity index is 2.13. The Labute approximate surface area is 118 Å². The minimum absolute atomic E-state index is 0.00401. The van der Waals surface area contributed by atoms with Crippen molar-refractivity contribution in [3.8, 4) is 0 Å². The van der Waals surface area contributed by atoms with Crippen LogP contribution in [0.15, 0.2) is 0 Å². The fourth-order valence-electron chi connectivity index (χ4n) is 2.63. The summed E-state index contributed by atoms with van der Waals surface area (Å²) in [7, 11) is 3.12. The van der Waals surface area contributed by atoms with Crippen LogP contribution in [0.2, 0.25) is 0 Å². The van der Waals surface area contributed by atoms with Gasteiger partial charge in [-0.25, -0.2) is 0 Å². The molecule has 2 aliphatic rings. The number of hydrogen-bond donors (Lipinski definition) is 0. The lowest BCUT2D eigenvalue weighted by atomic mass is 9.66. The molecule has 0 aromatic heterocycles. The molecule has 0 aromatic carbocycles. The summed E-state index contributed by atoms with van der Waals surface area (Å²) in [6.45, 7) is 5.32. The van der Waals surface area contributed by atoms with Gasteiger partial charge in [0.15, 0.2) is 17.9 Å². The number of rotatable bonds is 4. The van der Waals surface area contributed by atoms with Crippen LogP contribution >= 0.6 is 11.6 Å². The normalized spacial score (nSPS) is 42.7. The molecule has 0 unspecified atom stereocenters. The summed E-state index contributed by atoms with van der Waals surface area (Å²) in [5.74, 6) is -0.747. The van der Waals surface area contributed by atoms with Crippen molar-refractivity contribution < 1.29 is 23.7 Å². The lowest BCUT2D eigenvalue weighted by molar-refractivity contribution is -0.263. The predicted octanol–water partition coefficient (Wildman–Crippen LogP) is 1.86. The van der Waals surface area contributed by atoms with Crippen LogP contribution in [0, 0.1) is 0 Å². The van der Waals surface area contributed by atoms with Gasteiger partial charge in [0.2, 0.25) is 0 Å². The summed E-state index contributed by atoms with van der Waals surface area (Å²) in [6.07, 6.45) is -0.0313. The molecule has 1 saturated heterocycles. The van der Waals surface area contributed by atoms with Gasteiger partial charge in [-0.3, -0.25) is 4.79 Å². The molecule has 4 atom stereocenters. The van der Waals surface area contributed by atoms with E-state index in [9.17, 15) is 4.79 Å². The van der Waals surface area contributed by atoms with Crippen LogP contribution in [0.5, 0.6) is 0 Å². The Morgan fingerprint density at radius 1 is 1.42 bits per heavy atom. The maximum absolute atomic E-state index is 11.6. The second-order valence-electron chi connectivity index (χ2n) is 5.78. The molecule has 0 N–H and O–H groups in total. The average Bonchev–Trinajstić information content (AvgIpc) is 2.69. The standard InChI is InChI=1S/C13H21ClO5/c1-11(2,17-5)18-8-6-13(19-10(8)16-4)7-9(15)12(13,3)14/h8,10H,6-7H2,1-5H3/t8-,10-,12-,13-/m1/s1. The van der Waals surface area contributed by atoms with E-state index in [1.54, 1.807) is 21.1 Å². The van der Waals surface area contributed by atoms with Crippen LogP contribution in [0.3, 0.4) is 0 Å². The van der Waals surface area contributed by atoms with Gasteiger partial charge >= 0.3 is 0 Å². The number of halogens is 1. The topological polar surface area (TPSA) is 54.0 Å². The summed E-state index contributed by atoms with van der Waals surface area (Å²) in [5, 5.41) is 0. The van der Waals surface area contributed by atoms with Crippen molar-refractivity contribution in [2.75, 3.05) is 14.2 Å². The van der Waals surface area contributed by atoms with Crippen molar-refractivity contribution in [2.45, 2.75) is 62.3 Å². The SMILES string of the molecule is CO[C@@H]1O[C@@]2(CC(=O)[C@@]2(C)Cl)C[C@H]1OC(C)(C)OC. The molecule has 1 saturated carbocycles. The van der Waals surface area contributed by atoms with Crippen LogP contribution in [0.25, 0.3) is 0 Å². The summed E-state index contributed by atoms with van der Waals surface area (Å²) < 4.78 is 22.3. The van der Waals surface area contributed by atoms with E-state index in [0.717, 1.165) is 0 Å². The van der Waals surface area contributed by atoms with Crippen LogP contribution in [-0.2, 0) is 23.7 Å². The van der Waals surface area contributed by atoms with Crippen molar-refractivity contribution in [2.24, 2.45) is 0 Å². The maximum atomic E-state index is 11.6. The summed E-state index contributed by atoms with van der Waals surface area (Å²) in [5.41, 5.74) is -0.694. The molecule has 6 heteroatoms. The number of alkyl halides is 1. The van der Waals surface area contributed by atoms with Crippen molar-refractivity contribution in [3.05, 3.63) is 0 Å². The summed E-state index contributed by atoms with van der Waals surface area (Å²) >= 11 is 6.29. The Kier molecular flexibility index (Phi) is 3.73. The maximum Gasteiger partial charge on any atom is 0.184 e. The highest BCUT2D eigenvalue weighted by atomic mass is 35.5. The summed E-state index contributed by atoms with van der Waals surface area (Å²) in [6, 6.07) is 0. The second kappa shape index (κ2) is 4.67. The van der Waals surface area contributed by atoms with Crippen LogP contribution in [0.4, 0.5) is 0 Å². The molecule has 1 aliphatic heterocycles. The zero-order valence-electron chi connectivity index (χ0n) is 12.0. The minimum Gasteiger partial charge on any atom is -0.354 e. The van der Waals surface area contributed by atoms with E-state index >= 15 is 0 Å². The molecule has 2 fully saturated rings. The smallest absolute Gasteiger partial charge is 0.184 e. The van der Waals surface area contributed by atoms with Gasteiger partial charge in [-0.05, 0) is 20.8 Å². The predicted molar refractivity (Wildman–Crippen MR) is 69.1 cm³/mol. The highest BCUT2D eigenvalue weighted by Gasteiger charge is 2.68. The third-order valence-corrected chi connectivity index (χ3v) is 4.72. The van der Waals surface area contributed by atoms with E-state index in [4.69, 9.17) is 30.5 Å². The van der Waals surface area contributed by atoms with Crippen LogP contribution in [0.1, 0.15) is 33.6 Å². The summed E-state index contributed by atoms with van der Waals surface area (Å²) in [4.78, 5) is 10.6. The number of ether oxygens (including phenoxy) is 4. The highest BCUT2D eigenvalue weighted by molar-refractivity contribution is 6.39. The van der Waals surface area contributed by atoms with Gasteiger partial charge in [-0.15, -0.1) is 11.6 Å². The second-order valence-corrected chi connectivity index (χ2v) is 6.54. The molecule has 1 aliphatic carbocycles. The Morgan fingerprint density at radius 3 is 2.47 bits per heavy atom. The van der Waals surface area contributed by atoms with E-state index in [1.807, 2.05) is 13.8 Å². The fraction of sp³-hybridized carbons (Fsp3) is 0.923. The van der Waals surface area contributed by atoms with Gasteiger partial charge in [0, 0.05) is 27.1 Å².